The van der Waals surface area contributed by atoms with E-state index in [-0.39, 0.29) is 17.2 Å². The fourth-order valence-electron chi connectivity index (χ4n) is 4.82. The van der Waals surface area contributed by atoms with Crippen molar-refractivity contribution in [3.05, 3.63) is 35.6 Å². The normalized spacial score (nSPS) is 26.4. The lowest BCUT2D eigenvalue weighted by Crippen LogP contribution is -2.45. The molecule has 1 atom stereocenters. The molecule has 136 valence electrons. The average Bonchev–Trinajstić information content (AvgIpc) is 3.26. The van der Waals surface area contributed by atoms with E-state index in [1.54, 1.807) is 0 Å². The van der Waals surface area contributed by atoms with E-state index >= 15 is 0 Å². The highest BCUT2D eigenvalue weighted by atomic mass is 19.1. The fraction of sp³-hybridized carbons (Fsp3) is 0.650. The van der Waals surface area contributed by atoms with Crippen molar-refractivity contribution in [3.8, 4) is 0 Å². The summed E-state index contributed by atoms with van der Waals surface area (Å²) < 4.78 is 18.7. The van der Waals surface area contributed by atoms with Gasteiger partial charge in [-0.05, 0) is 43.4 Å². The van der Waals surface area contributed by atoms with Gasteiger partial charge in [-0.1, -0.05) is 12.1 Å². The molecule has 0 saturated carbocycles. The largest absolute Gasteiger partial charge is 0.381 e. The number of nitrogens with zero attached hydrogens (tertiary/aromatic N) is 2. The van der Waals surface area contributed by atoms with E-state index in [2.05, 4.69) is 9.80 Å². The van der Waals surface area contributed by atoms with Gasteiger partial charge in [-0.2, -0.15) is 0 Å². The van der Waals surface area contributed by atoms with Gasteiger partial charge >= 0.3 is 0 Å². The van der Waals surface area contributed by atoms with Crippen LogP contribution in [0.3, 0.4) is 0 Å². The lowest BCUT2D eigenvalue weighted by Gasteiger charge is -2.38. The molecule has 1 aromatic rings. The molecule has 3 heterocycles. The fourth-order valence-corrected chi connectivity index (χ4v) is 4.82. The van der Waals surface area contributed by atoms with E-state index in [4.69, 9.17) is 4.74 Å². The van der Waals surface area contributed by atoms with Gasteiger partial charge in [0.05, 0.1) is 5.92 Å². The summed E-state index contributed by atoms with van der Waals surface area (Å²) in [5.41, 5.74) is 1.16. The SMILES string of the molecule is O=C([C@@H]1CN(Cc2ccc(F)cc2)CC12CCOCC2)N1CCCC1. The van der Waals surface area contributed by atoms with E-state index < -0.39 is 0 Å². The third-order valence-electron chi connectivity index (χ3n) is 6.24. The molecule has 0 radical (unpaired) electrons. The van der Waals surface area contributed by atoms with Gasteiger partial charge in [0.15, 0.2) is 0 Å². The molecule has 4 rings (SSSR count). The number of hydrogen-bond donors (Lipinski definition) is 0. The Kier molecular flexibility index (Phi) is 4.78. The standard InChI is InChI=1S/C20H27FN2O2/c21-17-5-3-16(4-6-17)13-22-14-18(19(24)23-9-1-2-10-23)20(15-22)7-11-25-12-8-20/h3-6,18H,1-2,7-15H2/t18-/m0/s1. The second kappa shape index (κ2) is 7.04. The van der Waals surface area contributed by atoms with Crippen LogP contribution in [0.15, 0.2) is 24.3 Å². The highest BCUT2D eigenvalue weighted by Crippen LogP contribution is 2.45. The molecule has 25 heavy (non-hydrogen) atoms. The van der Waals surface area contributed by atoms with E-state index in [1.165, 1.54) is 12.1 Å². The van der Waals surface area contributed by atoms with Crippen LogP contribution in [0, 0.1) is 17.2 Å². The van der Waals surface area contributed by atoms with Crippen molar-refractivity contribution in [2.75, 3.05) is 39.4 Å². The Labute approximate surface area is 148 Å². The van der Waals surface area contributed by atoms with Crippen molar-refractivity contribution in [2.45, 2.75) is 32.2 Å². The average molecular weight is 346 g/mol. The lowest BCUT2D eigenvalue weighted by molar-refractivity contribution is -0.139. The van der Waals surface area contributed by atoms with Crippen LogP contribution in [0.2, 0.25) is 0 Å². The number of benzene rings is 1. The minimum atomic E-state index is -0.201. The third-order valence-corrected chi connectivity index (χ3v) is 6.24. The summed E-state index contributed by atoms with van der Waals surface area (Å²) in [7, 11) is 0. The number of carbonyl (C=O) groups excluding carboxylic acids is 1. The first-order valence-electron chi connectivity index (χ1n) is 9.50. The molecule has 3 fully saturated rings. The zero-order valence-electron chi connectivity index (χ0n) is 14.8. The van der Waals surface area contributed by atoms with Crippen molar-refractivity contribution >= 4 is 5.91 Å². The number of ether oxygens (including phenoxy) is 1. The highest BCUT2D eigenvalue weighted by molar-refractivity contribution is 5.80. The van der Waals surface area contributed by atoms with Crippen LogP contribution in [0.25, 0.3) is 0 Å². The zero-order valence-corrected chi connectivity index (χ0v) is 14.8. The van der Waals surface area contributed by atoms with E-state index in [0.29, 0.717) is 5.91 Å². The maximum absolute atomic E-state index is 13.2. The molecule has 0 bridgehead atoms. The first-order valence-corrected chi connectivity index (χ1v) is 9.50. The number of rotatable bonds is 3. The van der Waals surface area contributed by atoms with Crippen LogP contribution in [0.4, 0.5) is 4.39 Å². The highest BCUT2D eigenvalue weighted by Gasteiger charge is 2.51. The third kappa shape index (κ3) is 3.44. The summed E-state index contributed by atoms with van der Waals surface area (Å²) in [6.07, 6.45) is 4.20. The Hall–Kier alpha value is -1.46. The van der Waals surface area contributed by atoms with E-state index in [0.717, 1.165) is 77.2 Å². The van der Waals surface area contributed by atoms with Crippen molar-refractivity contribution in [1.82, 2.24) is 9.80 Å². The van der Waals surface area contributed by atoms with E-state index in [9.17, 15) is 9.18 Å². The molecule has 1 amide bonds. The van der Waals surface area contributed by atoms with Gasteiger partial charge in [-0.15, -0.1) is 0 Å². The Morgan fingerprint density at radius 1 is 1.16 bits per heavy atom. The van der Waals surface area contributed by atoms with Crippen LogP contribution in [-0.2, 0) is 16.1 Å². The molecule has 1 spiro atoms. The van der Waals surface area contributed by atoms with Gasteiger partial charge in [0.25, 0.3) is 0 Å². The number of halogens is 1. The molecular weight excluding hydrogens is 319 g/mol. The van der Waals surface area contributed by atoms with Gasteiger partial charge in [-0.3, -0.25) is 9.69 Å². The van der Waals surface area contributed by atoms with Gasteiger partial charge in [-0.25, -0.2) is 4.39 Å². The zero-order chi connectivity index (χ0) is 17.3. The minimum Gasteiger partial charge on any atom is -0.381 e. The first-order chi connectivity index (χ1) is 12.2. The Morgan fingerprint density at radius 2 is 1.84 bits per heavy atom. The summed E-state index contributed by atoms with van der Waals surface area (Å²) in [5, 5.41) is 0. The summed E-state index contributed by atoms with van der Waals surface area (Å²) >= 11 is 0. The molecule has 5 heteroatoms. The van der Waals surface area contributed by atoms with Gasteiger partial charge < -0.3 is 9.64 Å². The summed E-state index contributed by atoms with van der Waals surface area (Å²) in [4.78, 5) is 17.6. The van der Waals surface area contributed by atoms with Crippen molar-refractivity contribution < 1.29 is 13.9 Å². The van der Waals surface area contributed by atoms with Crippen molar-refractivity contribution in [1.29, 1.82) is 0 Å². The predicted octanol–water partition coefficient (Wildman–Crippen LogP) is 2.68. The van der Waals surface area contributed by atoms with Gasteiger partial charge in [0.1, 0.15) is 5.82 Å². The molecule has 4 nitrogen and oxygen atoms in total. The molecule has 0 aliphatic carbocycles. The molecule has 0 unspecified atom stereocenters. The molecule has 3 aliphatic rings. The van der Waals surface area contributed by atoms with Crippen molar-refractivity contribution in [3.63, 3.8) is 0 Å². The monoisotopic (exact) mass is 346 g/mol. The second-order valence-corrected chi connectivity index (χ2v) is 7.86. The summed E-state index contributed by atoms with van der Waals surface area (Å²) in [6.45, 7) is 5.89. The molecule has 0 aromatic heterocycles. The van der Waals surface area contributed by atoms with Crippen molar-refractivity contribution in [2.24, 2.45) is 11.3 Å². The minimum absolute atomic E-state index is 0.0535. The maximum Gasteiger partial charge on any atom is 0.227 e. The Bertz CT molecular complexity index is 607. The Morgan fingerprint density at radius 3 is 2.52 bits per heavy atom. The van der Waals surface area contributed by atoms with Gasteiger partial charge in [0.2, 0.25) is 5.91 Å². The second-order valence-electron chi connectivity index (χ2n) is 7.86. The van der Waals surface area contributed by atoms with Crippen LogP contribution in [0.5, 0.6) is 0 Å². The first kappa shape index (κ1) is 17.0. The molecule has 1 aromatic carbocycles. The number of hydrogen-bond acceptors (Lipinski definition) is 3. The summed E-state index contributed by atoms with van der Waals surface area (Å²) in [5.74, 6) is 0.226. The lowest BCUT2D eigenvalue weighted by atomic mass is 9.71. The number of amides is 1. The van der Waals surface area contributed by atoms with Gasteiger partial charge in [0, 0.05) is 51.4 Å². The Balaban J connectivity index is 1.51. The molecule has 3 aliphatic heterocycles. The molecular formula is C20H27FN2O2. The van der Waals surface area contributed by atoms with Crippen LogP contribution < -0.4 is 0 Å². The summed E-state index contributed by atoms with van der Waals surface area (Å²) in [6, 6.07) is 6.73. The molecule has 0 N–H and O–H groups in total. The van der Waals surface area contributed by atoms with Crippen LogP contribution >= 0.6 is 0 Å². The number of carbonyl (C=O) groups is 1. The number of likely N-dealkylation sites (tertiary alicyclic amines) is 2. The topological polar surface area (TPSA) is 32.8 Å². The van der Waals surface area contributed by atoms with Crippen LogP contribution in [0.1, 0.15) is 31.2 Å². The van der Waals surface area contributed by atoms with E-state index in [1.807, 2.05) is 12.1 Å². The molecule has 3 saturated heterocycles. The van der Waals surface area contributed by atoms with Crippen LogP contribution in [-0.4, -0.2) is 55.1 Å². The smallest absolute Gasteiger partial charge is 0.227 e. The maximum atomic E-state index is 13.2. The quantitative estimate of drug-likeness (QED) is 0.844. The predicted molar refractivity (Wildman–Crippen MR) is 93.5 cm³/mol.